The molecule has 0 radical (unpaired) electrons. The molecule has 0 bridgehead atoms. The average Bonchev–Trinajstić information content (AvgIpc) is 3.31. The molecular formula is C31H28N2O6S. The predicted molar refractivity (Wildman–Crippen MR) is 154 cm³/mol. The molecule has 0 unspecified atom stereocenters. The highest BCUT2D eigenvalue weighted by atomic mass is 32.1. The molecule has 5 rings (SSSR count). The van der Waals surface area contributed by atoms with Crippen molar-refractivity contribution in [3.05, 3.63) is 115 Å². The molecule has 1 aliphatic heterocycles. The van der Waals surface area contributed by atoms with E-state index in [-0.39, 0.29) is 12.2 Å². The molecule has 0 spiro atoms. The smallest absolute Gasteiger partial charge is 0.338 e. The molecule has 1 atom stereocenters. The number of hydrogen-bond donors (Lipinski definition) is 0. The molecule has 3 aromatic carbocycles. The highest BCUT2D eigenvalue weighted by Crippen LogP contribution is 2.35. The number of thiazole rings is 1. The molecule has 0 aliphatic carbocycles. The Labute approximate surface area is 235 Å². The molecule has 4 aromatic rings. The first-order valence-corrected chi connectivity index (χ1v) is 13.4. The van der Waals surface area contributed by atoms with E-state index in [1.807, 2.05) is 48.5 Å². The van der Waals surface area contributed by atoms with Crippen LogP contribution >= 0.6 is 11.3 Å². The van der Waals surface area contributed by atoms with Crippen LogP contribution in [0.1, 0.15) is 29.7 Å². The maximum Gasteiger partial charge on any atom is 0.338 e. The normalized spacial score (nSPS) is 14.8. The summed E-state index contributed by atoms with van der Waals surface area (Å²) in [5, 5.41) is 0. The summed E-state index contributed by atoms with van der Waals surface area (Å²) in [5.74, 6) is 1.33. The van der Waals surface area contributed by atoms with E-state index < -0.39 is 12.0 Å². The number of carbonyl (C=O) groups is 1. The summed E-state index contributed by atoms with van der Waals surface area (Å²) >= 11 is 1.25. The Morgan fingerprint density at radius 2 is 1.65 bits per heavy atom. The number of carbonyl (C=O) groups excluding carboxylic acids is 1. The number of esters is 1. The van der Waals surface area contributed by atoms with E-state index in [9.17, 15) is 9.59 Å². The van der Waals surface area contributed by atoms with Crippen molar-refractivity contribution < 1.29 is 23.7 Å². The molecule has 0 saturated heterocycles. The van der Waals surface area contributed by atoms with E-state index in [1.165, 1.54) is 11.3 Å². The lowest BCUT2D eigenvalue weighted by atomic mass is 9.93. The first-order valence-electron chi connectivity index (χ1n) is 12.6. The van der Waals surface area contributed by atoms with Crippen LogP contribution in [0.2, 0.25) is 0 Å². The SMILES string of the molecule is CCOC(=O)C1=C(c2ccccc2)N=c2s/c(=C\c3ccc(OC)cc3OC)c(=O)n2[C@H]1c1ccc(OC)cc1. The van der Waals surface area contributed by atoms with Crippen molar-refractivity contribution in [3.8, 4) is 17.2 Å². The number of rotatable bonds is 8. The van der Waals surface area contributed by atoms with Gasteiger partial charge in [-0.25, -0.2) is 9.79 Å². The summed E-state index contributed by atoms with van der Waals surface area (Å²) in [7, 11) is 4.73. The van der Waals surface area contributed by atoms with Gasteiger partial charge >= 0.3 is 5.97 Å². The van der Waals surface area contributed by atoms with Gasteiger partial charge in [-0.2, -0.15) is 0 Å². The molecule has 0 saturated carbocycles. The van der Waals surface area contributed by atoms with Gasteiger partial charge in [0.05, 0.1) is 49.8 Å². The van der Waals surface area contributed by atoms with Gasteiger partial charge in [-0.05, 0) is 42.8 Å². The fourth-order valence-corrected chi connectivity index (χ4v) is 5.61. The molecular weight excluding hydrogens is 528 g/mol. The molecule has 0 fully saturated rings. The van der Waals surface area contributed by atoms with Gasteiger partial charge in [0.25, 0.3) is 5.56 Å². The Hall–Kier alpha value is -4.63. The van der Waals surface area contributed by atoms with E-state index in [0.29, 0.717) is 43.4 Å². The summed E-state index contributed by atoms with van der Waals surface area (Å²) in [6.07, 6.45) is 1.77. The van der Waals surface area contributed by atoms with E-state index in [2.05, 4.69) is 0 Å². The fraction of sp³-hybridized carbons (Fsp3) is 0.194. The molecule has 0 amide bonds. The second-order valence-electron chi connectivity index (χ2n) is 8.81. The summed E-state index contributed by atoms with van der Waals surface area (Å²) in [6, 6.07) is 21.4. The van der Waals surface area contributed by atoms with Crippen LogP contribution in [0.15, 0.2) is 88.2 Å². The third-order valence-corrected chi connectivity index (χ3v) is 7.52. The van der Waals surface area contributed by atoms with Crippen molar-refractivity contribution >= 4 is 29.1 Å². The fourth-order valence-electron chi connectivity index (χ4n) is 4.62. The number of ether oxygens (including phenoxy) is 4. The lowest BCUT2D eigenvalue weighted by Gasteiger charge is -2.26. The van der Waals surface area contributed by atoms with E-state index in [4.69, 9.17) is 23.9 Å². The topological polar surface area (TPSA) is 88.4 Å². The van der Waals surface area contributed by atoms with Gasteiger partial charge in [0.2, 0.25) is 0 Å². The van der Waals surface area contributed by atoms with Crippen LogP contribution in [0.25, 0.3) is 11.8 Å². The van der Waals surface area contributed by atoms with Crippen LogP contribution in [-0.2, 0) is 9.53 Å². The van der Waals surface area contributed by atoms with Gasteiger partial charge in [-0.1, -0.05) is 53.8 Å². The van der Waals surface area contributed by atoms with E-state index in [0.717, 1.165) is 11.1 Å². The van der Waals surface area contributed by atoms with E-state index >= 15 is 0 Å². The maximum atomic E-state index is 14.0. The minimum atomic E-state index is -0.767. The van der Waals surface area contributed by atoms with Gasteiger partial charge in [-0.3, -0.25) is 9.36 Å². The van der Waals surface area contributed by atoms with Crippen molar-refractivity contribution in [2.24, 2.45) is 4.99 Å². The number of benzene rings is 3. The Kier molecular flexibility index (Phi) is 7.84. The highest BCUT2D eigenvalue weighted by Gasteiger charge is 2.35. The van der Waals surface area contributed by atoms with Crippen LogP contribution < -0.4 is 29.1 Å². The summed E-state index contributed by atoms with van der Waals surface area (Å²) in [4.78, 5) is 32.9. The first-order chi connectivity index (χ1) is 19.5. The Bertz CT molecular complexity index is 1750. The largest absolute Gasteiger partial charge is 0.497 e. The van der Waals surface area contributed by atoms with Crippen molar-refractivity contribution in [3.63, 3.8) is 0 Å². The lowest BCUT2D eigenvalue weighted by Crippen LogP contribution is -2.40. The molecule has 2 heterocycles. The number of methoxy groups -OCH3 is 3. The Morgan fingerprint density at radius 1 is 0.950 bits per heavy atom. The molecule has 204 valence electrons. The molecule has 0 N–H and O–H groups in total. The predicted octanol–water partition coefficient (Wildman–Crippen LogP) is 3.96. The standard InChI is InChI=1S/C31H28N2O6S/c1-5-39-30(35)26-27(19-9-7-6-8-10-19)32-31-33(28(26)20-11-14-22(36-2)15-12-20)29(34)25(40-31)17-21-13-16-23(37-3)18-24(21)38-4/h6-18,28H,5H2,1-4H3/b25-17-/t28-/m0/s1. The minimum absolute atomic E-state index is 0.182. The maximum absolute atomic E-state index is 14.0. The average molecular weight is 557 g/mol. The van der Waals surface area contributed by atoms with Crippen molar-refractivity contribution in [2.45, 2.75) is 13.0 Å². The second kappa shape index (κ2) is 11.6. The Morgan fingerprint density at radius 3 is 2.30 bits per heavy atom. The highest BCUT2D eigenvalue weighted by molar-refractivity contribution is 7.07. The molecule has 1 aliphatic rings. The Balaban J connectivity index is 1.81. The van der Waals surface area contributed by atoms with Gasteiger partial charge < -0.3 is 18.9 Å². The quantitative estimate of drug-likeness (QED) is 0.306. The molecule has 1 aromatic heterocycles. The van der Waals surface area contributed by atoms with Crippen LogP contribution in [0.4, 0.5) is 0 Å². The number of fused-ring (bicyclic) bond motifs is 1. The van der Waals surface area contributed by atoms with Crippen LogP contribution in [0.5, 0.6) is 17.2 Å². The summed E-state index contributed by atoms with van der Waals surface area (Å²) in [5.41, 5.74) is 2.66. The number of aromatic nitrogens is 1. The number of nitrogens with zero attached hydrogens (tertiary/aromatic N) is 2. The van der Waals surface area contributed by atoms with Crippen LogP contribution in [0.3, 0.4) is 0 Å². The zero-order valence-electron chi connectivity index (χ0n) is 22.5. The first kappa shape index (κ1) is 27.0. The van der Waals surface area contributed by atoms with Crippen molar-refractivity contribution in [1.82, 2.24) is 4.57 Å². The molecule has 8 nitrogen and oxygen atoms in total. The van der Waals surface area contributed by atoms with Crippen molar-refractivity contribution in [2.75, 3.05) is 27.9 Å². The van der Waals surface area contributed by atoms with Crippen LogP contribution in [0, 0.1) is 0 Å². The zero-order valence-corrected chi connectivity index (χ0v) is 23.4. The lowest BCUT2D eigenvalue weighted by molar-refractivity contribution is -0.138. The zero-order chi connectivity index (χ0) is 28.2. The van der Waals surface area contributed by atoms with Crippen molar-refractivity contribution in [1.29, 1.82) is 0 Å². The minimum Gasteiger partial charge on any atom is -0.497 e. The third kappa shape index (κ3) is 5.03. The monoisotopic (exact) mass is 556 g/mol. The third-order valence-electron chi connectivity index (χ3n) is 6.53. The summed E-state index contributed by atoms with van der Waals surface area (Å²) in [6.45, 7) is 1.93. The van der Waals surface area contributed by atoms with Gasteiger partial charge in [0.1, 0.15) is 17.2 Å². The van der Waals surface area contributed by atoms with Gasteiger partial charge in [0.15, 0.2) is 4.80 Å². The van der Waals surface area contributed by atoms with Gasteiger partial charge in [0, 0.05) is 17.2 Å². The van der Waals surface area contributed by atoms with E-state index in [1.54, 1.807) is 63.2 Å². The summed E-state index contributed by atoms with van der Waals surface area (Å²) < 4.78 is 23.7. The second-order valence-corrected chi connectivity index (χ2v) is 9.82. The number of hydrogen-bond acceptors (Lipinski definition) is 8. The van der Waals surface area contributed by atoms with Gasteiger partial charge in [-0.15, -0.1) is 0 Å². The molecule has 9 heteroatoms. The van der Waals surface area contributed by atoms with Crippen LogP contribution in [-0.4, -0.2) is 38.5 Å². The molecule has 40 heavy (non-hydrogen) atoms.